The molecule has 1 saturated heterocycles. The lowest BCUT2D eigenvalue weighted by Crippen LogP contribution is -2.45. The normalized spacial score (nSPS) is 21.4. The molecule has 7 heteroatoms. The van der Waals surface area contributed by atoms with Crippen LogP contribution in [0.15, 0.2) is 24.3 Å². The largest absolute Gasteiger partial charge is 0.295 e. The van der Waals surface area contributed by atoms with Crippen LogP contribution < -0.4 is 9.44 Å². The Hall–Kier alpha value is -0.660. The molecule has 2 fully saturated rings. The molecule has 1 aromatic rings. The van der Waals surface area contributed by atoms with Crippen molar-refractivity contribution in [3.63, 3.8) is 0 Å². The first kappa shape index (κ1) is 18.1. The molecule has 1 unspecified atom stereocenters. The highest BCUT2D eigenvalue weighted by atomic mass is 35.5. The summed E-state index contributed by atoms with van der Waals surface area (Å²) in [7, 11) is -3.47. The smallest absolute Gasteiger partial charge is 0.277 e. The van der Waals surface area contributed by atoms with E-state index in [0.29, 0.717) is 11.6 Å². The van der Waals surface area contributed by atoms with Gasteiger partial charge in [0.15, 0.2) is 0 Å². The summed E-state index contributed by atoms with van der Waals surface area (Å²) in [6.07, 6.45) is 6.39. The summed E-state index contributed by atoms with van der Waals surface area (Å²) in [5.41, 5.74) is 1.06. The van der Waals surface area contributed by atoms with Gasteiger partial charge in [-0.25, -0.2) is 4.72 Å². The minimum Gasteiger partial charge on any atom is -0.295 e. The minimum absolute atomic E-state index is 0.0198. The average Bonchev–Trinajstić information content (AvgIpc) is 3.21. The Morgan fingerprint density at radius 1 is 1.17 bits per heavy atom. The second kappa shape index (κ2) is 8.15. The van der Waals surface area contributed by atoms with Crippen LogP contribution in [0.25, 0.3) is 0 Å². The van der Waals surface area contributed by atoms with Crippen LogP contribution in [0, 0.1) is 0 Å². The van der Waals surface area contributed by atoms with E-state index in [1.807, 2.05) is 24.3 Å². The lowest BCUT2D eigenvalue weighted by Gasteiger charge is -2.28. The first-order valence-electron chi connectivity index (χ1n) is 8.80. The maximum absolute atomic E-state index is 12.3. The van der Waals surface area contributed by atoms with Crippen molar-refractivity contribution in [1.29, 1.82) is 0 Å². The second-order valence-electron chi connectivity index (χ2n) is 6.77. The Morgan fingerprint density at radius 3 is 2.54 bits per heavy atom. The molecule has 1 aliphatic heterocycles. The maximum atomic E-state index is 12.3. The van der Waals surface area contributed by atoms with Crippen molar-refractivity contribution < 1.29 is 8.42 Å². The van der Waals surface area contributed by atoms with E-state index in [0.717, 1.165) is 57.2 Å². The third-order valence-corrected chi connectivity index (χ3v) is 6.38. The van der Waals surface area contributed by atoms with Gasteiger partial charge in [0.1, 0.15) is 0 Å². The lowest BCUT2D eigenvalue weighted by molar-refractivity contribution is 0.246. The van der Waals surface area contributed by atoms with Crippen molar-refractivity contribution in [3.05, 3.63) is 34.9 Å². The molecule has 1 saturated carbocycles. The molecule has 1 aliphatic carbocycles. The molecule has 0 radical (unpaired) electrons. The van der Waals surface area contributed by atoms with Crippen LogP contribution in [-0.2, 0) is 10.2 Å². The molecule has 1 atom stereocenters. The highest BCUT2D eigenvalue weighted by Gasteiger charge is 2.26. The third kappa shape index (κ3) is 4.92. The Bertz CT molecular complexity index is 641. The van der Waals surface area contributed by atoms with Crippen LogP contribution in [-0.4, -0.2) is 39.0 Å². The zero-order chi connectivity index (χ0) is 17.0. The van der Waals surface area contributed by atoms with Gasteiger partial charge in [-0.1, -0.05) is 36.6 Å². The van der Waals surface area contributed by atoms with Crippen LogP contribution >= 0.6 is 11.6 Å². The SMILES string of the molecule is O=S(=O)(NCC(c1cccc(Cl)c1)N1CCCC1)NC1CCCC1. The van der Waals surface area contributed by atoms with E-state index in [4.69, 9.17) is 11.6 Å². The molecule has 2 aliphatic rings. The highest BCUT2D eigenvalue weighted by Crippen LogP contribution is 2.26. The molecule has 0 aromatic heterocycles. The van der Waals surface area contributed by atoms with E-state index in [9.17, 15) is 8.42 Å². The molecule has 134 valence electrons. The maximum Gasteiger partial charge on any atom is 0.277 e. The fraction of sp³-hybridized carbons (Fsp3) is 0.647. The van der Waals surface area contributed by atoms with Gasteiger partial charge in [-0.2, -0.15) is 13.1 Å². The van der Waals surface area contributed by atoms with Crippen molar-refractivity contribution in [2.24, 2.45) is 0 Å². The van der Waals surface area contributed by atoms with E-state index in [1.165, 1.54) is 0 Å². The van der Waals surface area contributed by atoms with Crippen LogP contribution in [0.2, 0.25) is 5.02 Å². The van der Waals surface area contributed by atoms with Gasteiger partial charge >= 0.3 is 0 Å². The number of nitrogens with zero attached hydrogens (tertiary/aromatic N) is 1. The molecule has 5 nitrogen and oxygen atoms in total. The van der Waals surface area contributed by atoms with Gasteiger partial charge in [0.2, 0.25) is 0 Å². The summed E-state index contributed by atoms with van der Waals surface area (Å²) in [6, 6.07) is 7.83. The number of benzene rings is 1. The standard InChI is InChI=1S/C17H26ClN3O2S/c18-15-7-5-6-14(12-15)17(21-10-3-4-11-21)13-19-24(22,23)20-16-8-1-2-9-16/h5-7,12,16-17,19-20H,1-4,8-11,13H2. The summed E-state index contributed by atoms with van der Waals surface area (Å²) in [4.78, 5) is 2.34. The molecule has 1 aromatic carbocycles. The van der Waals surface area contributed by atoms with Gasteiger partial charge < -0.3 is 0 Å². The molecule has 0 spiro atoms. The number of rotatable bonds is 7. The molecular formula is C17H26ClN3O2S. The Morgan fingerprint density at radius 2 is 1.88 bits per heavy atom. The highest BCUT2D eigenvalue weighted by molar-refractivity contribution is 7.87. The average molecular weight is 372 g/mol. The topological polar surface area (TPSA) is 61.4 Å². The summed E-state index contributed by atoms with van der Waals surface area (Å²) >= 11 is 6.13. The number of nitrogens with one attached hydrogen (secondary N) is 2. The second-order valence-corrected chi connectivity index (χ2v) is 8.73. The van der Waals surface area contributed by atoms with Crippen LogP contribution in [0.4, 0.5) is 0 Å². The van der Waals surface area contributed by atoms with Gasteiger partial charge in [0, 0.05) is 23.7 Å². The van der Waals surface area contributed by atoms with Crippen molar-refractivity contribution >= 4 is 21.8 Å². The van der Waals surface area contributed by atoms with Crippen LogP contribution in [0.1, 0.15) is 50.1 Å². The molecule has 0 amide bonds. The molecule has 24 heavy (non-hydrogen) atoms. The van der Waals surface area contributed by atoms with E-state index in [1.54, 1.807) is 0 Å². The first-order chi connectivity index (χ1) is 11.5. The predicted molar refractivity (Wildman–Crippen MR) is 97.3 cm³/mol. The summed E-state index contributed by atoms with van der Waals surface area (Å²) in [6.45, 7) is 2.35. The first-order valence-corrected chi connectivity index (χ1v) is 10.7. The zero-order valence-electron chi connectivity index (χ0n) is 13.9. The molecule has 1 heterocycles. The number of hydrogen-bond acceptors (Lipinski definition) is 3. The van der Waals surface area contributed by atoms with E-state index in [-0.39, 0.29) is 12.1 Å². The number of halogens is 1. The molecule has 0 bridgehead atoms. The molecular weight excluding hydrogens is 346 g/mol. The quantitative estimate of drug-likeness (QED) is 0.774. The van der Waals surface area contributed by atoms with Crippen LogP contribution in [0.5, 0.6) is 0 Å². The molecule has 3 rings (SSSR count). The van der Waals surface area contributed by atoms with Gasteiger partial charge in [0.05, 0.1) is 0 Å². The number of hydrogen-bond donors (Lipinski definition) is 2. The Kier molecular flexibility index (Phi) is 6.16. The van der Waals surface area contributed by atoms with Crippen molar-refractivity contribution in [3.8, 4) is 0 Å². The van der Waals surface area contributed by atoms with Gasteiger partial charge in [0.25, 0.3) is 10.2 Å². The lowest BCUT2D eigenvalue weighted by atomic mass is 10.1. The summed E-state index contributed by atoms with van der Waals surface area (Å²) in [5, 5.41) is 0.684. The van der Waals surface area contributed by atoms with E-state index in [2.05, 4.69) is 14.3 Å². The Labute approximate surface area is 149 Å². The van der Waals surface area contributed by atoms with Crippen molar-refractivity contribution in [2.75, 3.05) is 19.6 Å². The van der Waals surface area contributed by atoms with Gasteiger partial charge in [-0.3, -0.25) is 4.90 Å². The molecule has 2 N–H and O–H groups in total. The van der Waals surface area contributed by atoms with Gasteiger partial charge in [-0.05, 0) is 56.5 Å². The monoisotopic (exact) mass is 371 g/mol. The summed E-state index contributed by atoms with van der Waals surface area (Å²) < 4.78 is 30.2. The fourth-order valence-corrected chi connectivity index (χ4v) is 5.05. The van der Waals surface area contributed by atoms with Crippen molar-refractivity contribution in [1.82, 2.24) is 14.3 Å². The van der Waals surface area contributed by atoms with Crippen LogP contribution in [0.3, 0.4) is 0 Å². The fourth-order valence-electron chi connectivity index (χ4n) is 3.72. The van der Waals surface area contributed by atoms with E-state index < -0.39 is 10.2 Å². The minimum atomic E-state index is -3.47. The van der Waals surface area contributed by atoms with Crippen molar-refractivity contribution in [2.45, 2.75) is 50.6 Å². The van der Waals surface area contributed by atoms with Gasteiger partial charge in [-0.15, -0.1) is 0 Å². The van der Waals surface area contributed by atoms with E-state index >= 15 is 0 Å². The zero-order valence-corrected chi connectivity index (χ0v) is 15.5. The Balaban J connectivity index is 1.67. The third-order valence-electron chi connectivity index (χ3n) is 4.96. The predicted octanol–water partition coefficient (Wildman–Crippen LogP) is 2.84. The summed E-state index contributed by atoms with van der Waals surface area (Å²) in [5.74, 6) is 0. The number of likely N-dealkylation sites (tertiary alicyclic amines) is 1.